The molecular formula is C11H15NO3. The van der Waals surface area contributed by atoms with E-state index in [-0.39, 0.29) is 17.2 Å². The lowest BCUT2D eigenvalue weighted by Gasteiger charge is -1.99. The Kier molecular flexibility index (Phi) is 5.94. The molecule has 0 aliphatic carbocycles. The largest absolute Gasteiger partial charge is 0.298 e. The molecular weight excluding hydrogens is 194 g/mol. The van der Waals surface area contributed by atoms with Crippen LogP contribution in [0.25, 0.3) is 0 Å². The van der Waals surface area contributed by atoms with E-state index < -0.39 is 4.92 Å². The van der Waals surface area contributed by atoms with Gasteiger partial charge in [-0.15, -0.1) is 0 Å². The summed E-state index contributed by atoms with van der Waals surface area (Å²) in [6.45, 7) is 5.47. The van der Waals surface area contributed by atoms with Crippen molar-refractivity contribution in [2.75, 3.05) is 0 Å². The van der Waals surface area contributed by atoms with Crippen LogP contribution in [0.3, 0.4) is 0 Å². The molecule has 4 nitrogen and oxygen atoms in total. The normalized spacial score (nSPS) is 13.6. The highest BCUT2D eigenvalue weighted by Gasteiger charge is 2.15. The van der Waals surface area contributed by atoms with E-state index in [1.165, 1.54) is 12.2 Å². The monoisotopic (exact) mass is 209 g/mol. The van der Waals surface area contributed by atoms with Gasteiger partial charge in [0.1, 0.15) is 0 Å². The molecule has 0 aliphatic rings. The minimum absolute atomic E-state index is 0.0964. The lowest BCUT2D eigenvalue weighted by atomic mass is 10.1. The van der Waals surface area contributed by atoms with Gasteiger partial charge in [0.2, 0.25) is 0 Å². The number of hydrogen-bond acceptors (Lipinski definition) is 3. The van der Waals surface area contributed by atoms with Gasteiger partial charge in [0, 0.05) is 6.08 Å². The number of nitrogens with zero attached hydrogens (tertiary/aromatic N) is 1. The number of nitro groups is 1. The third-order valence-electron chi connectivity index (χ3n) is 1.58. The number of hydrogen-bond donors (Lipinski definition) is 0. The Morgan fingerprint density at radius 2 is 2.00 bits per heavy atom. The van der Waals surface area contributed by atoms with Crippen LogP contribution in [0.1, 0.15) is 20.8 Å². The van der Waals surface area contributed by atoms with Crippen molar-refractivity contribution >= 4 is 6.29 Å². The van der Waals surface area contributed by atoms with Crippen LogP contribution < -0.4 is 0 Å². The summed E-state index contributed by atoms with van der Waals surface area (Å²) in [5.41, 5.74) is -0.0510. The Balaban J connectivity index is 5.22. The molecule has 4 heteroatoms. The van der Waals surface area contributed by atoms with Crippen LogP contribution in [-0.4, -0.2) is 11.2 Å². The Labute approximate surface area is 89.1 Å². The second kappa shape index (κ2) is 6.70. The molecule has 82 valence electrons. The summed E-state index contributed by atoms with van der Waals surface area (Å²) in [4.78, 5) is 20.8. The molecule has 15 heavy (non-hydrogen) atoms. The quantitative estimate of drug-likeness (QED) is 0.230. The molecule has 0 heterocycles. The summed E-state index contributed by atoms with van der Waals surface area (Å²) in [5, 5.41) is 10.7. The van der Waals surface area contributed by atoms with Crippen molar-refractivity contribution in [2.24, 2.45) is 5.92 Å². The molecule has 0 rings (SSSR count). The molecule has 0 saturated carbocycles. The van der Waals surface area contributed by atoms with Crippen LogP contribution >= 0.6 is 0 Å². The van der Waals surface area contributed by atoms with Crippen LogP contribution in [-0.2, 0) is 4.79 Å². The molecule has 0 radical (unpaired) electrons. The van der Waals surface area contributed by atoms with Crippen molar-refractivity contribution in [2.45, 2.75) is 20.8 Å². The molecule has 0 saturated heterocycles. The van der Waals surface area contributed by atoms with Gasteiger partial charge >= 0.3 is 0 Å². The lowest BCUT2D eigenvalue weighted by Crippen LogP contribution is -2.04. The fourth-order valence-corrected chi connectivity index (χ4v) is 0.994. The molecule has 0 aromatic rings. The molecule has 0 fully saturated rings. The summed E-state index contributed by atoms with van der Waals surface area (Å²) in [6, 6.07) is 0. The fraction of sp³-hybridized carbons (Fsp3) is 0.364. The zero-order valence-corrected chi connectivity index (χ0v) is 9.14. The summed E-state index contributed by atoms with van der Waals surface area (Å²) < 4.78 is 0. The number of carbonyl (C=O) groups is 1. The van der Waals surface area contributed by atoms with E-state index in [4.69, 9.17) is 0 Å². The second-order valence-corrected chi connectivity index (χ2v) is 3.32. The summed E-state index contributed by atoms with van der Waals surface area (Å²) in [7, 11) is 0. The molecule has 0 aromatic carbocycles. The van der Waals surface area contributed by atoms with Crippen molar-refractivity contribution in [3.8, 4) is 0 Å². The first-order valence-corrected chi connectivity index (χ1v) is 4.67. The fourth-order valence-electron chi connectivity index (χ4n) is 0.994. The van der Waals surface area contributed by atoms with Crippen molar-refractivity contribution in [3.05, 3.63) is 45.7 Å². The van der Waals surface area contributed by atoms with Gasteiger partial charge in [-0.2, -0.15) is 0 Å². The highest BCUT2D eigenvalue weighted by molar-refractivity contribution is 5.79. The molecule has 0 atom stereocenters. The van der Waals surface area contributed by atoms with Crippen molar-refractivity contribution in [1.29, 1.82) is 0 Å². The Hall–Kier alpha value is -1.71. The molecule has 0 aliphatic heterocycles. The second-order valence-electron chi connectivity index (χ2n) is 3.32. The first-order valence-electron chi connectivity index (χ1n) is 4.67. The van der Waals surface area contributed by atoms with Gasteiger partial charge in [-0.25, -0.2) is 0 Å². The Bertz CT molecular complexity index is 325. The van der Waals surface area contributed by atoms with E-state index in [9.17, 15) is 14.9 Å². The van der Waals surface area contributed by atoms with Crippen LogP contribution in [0, 0.1) is 16.0 Å². The molecule has 0 N–H and O–H groups in total. The van der Waals surface area contributed by atoms with Crippen molar-refractivity contribution in [1.82, 2.24) is 0 Å². The Morgan fingerprint density at radius 3 is 2.33 bits per heavy atom. The first kappa shape index (κ1) is 13.3. The molecule has 0 bridgehead atoms. The van der Waals surface area contributed by atoms with Crippen LogP contribution in [0.4, 0.5) is 0 Å². The Morgan fingerprint density at radius 1 is 1.40 bits per heavy atom. The van der Waals surface area contributed by atoms with E-state index in [0.29, 0.717) is 6.29 Å². The van der Waals surface area contributed by atoms with Crippen LogP contribution in [0.15, 0.2) is 35.6 Å². The predicted molar refractivity (Wildman–Crippen MR) is 58.9 cm³/mol. The topological polar surface area (TPSA) is 60.2 Å². The number of allylic oxidation sites excluding steroid dienone is 5. The number of carbonyl (C=O) groups excluding carboxylic acids is 1. The van der Waals surface area contributed by atoms with E-state index in [1.807, 2.05) is 13.8 Å². The van der Waals surface area contributed by atoms with Gasteiger partial charge in [0.05, 0.1) is 10.5 Å². The van der Waals surface area contributed by atoms with Gasteiger partial charge in [-0.3, -0.25) is 14.9 Å². The van der Waals surface area contributed by atoms with E-state index in [2.05, 4.69) is 0 Å². The van der Waals surface area contributed by atoms with Gasteiger partial charge in [0.15, 0.2) is 6.29 Å². The van der Waals surface area contributed by atoms with Gasteiger partial charge in [0.25, 0.3) is 5.70 Å². The number of rotatable bonds is 5. The maximum Gasteiger partial charge on any atom is 0.279 e. The molecule has 0 spiro atoms. The molecule has 0 amide bonds. The van der Waals surface area contributed by atoms with Crippen LogP contribution in [0.2, 0.25) is 0 Å². The first-order chi connectivity index (χ1) is 7.02. The zero-order valence-electron chi connectivity index (χ0n) is 9.14. The summed E-state index contributed by atoms with van der Waals surface area (Å²) in [6.07, 6.45) is 6.61. The predicted octanol–water partition coefficient (Wildman–Crippen LogP) is 2.50. The smallest absolute Gasteiger partial charge is 0.279 e. The summed E-state index contributed by atoms with van der Waals surface area (Å²) >= 11 is 0. The third kappa shape index (κ3) is 4.90. The molecule has 0 unspecified atom stereocenters. The van der Waals surface area contributed by atoms with Gasteiger partial charge in [-0.05, 0) is 12.8 Å². The standard InChI is InChI=1S/C11H15NO3/c1-4-5-6-11(12(14)15)10(8-13)7-9(2)3/h4-9H,1-3H3/b5-4-,10-7-,11-6+. The van der Waals surface area contributed by atoms with Crippen LogP contribution in [0.5, 0.6) is 0 Å². The lowest BCUT2D eigenvalue weighted by molar-refractivity contribution is -0.420. The van der Waals surface area contributed by atoms with E-state index >= 15 is 0 Å². The average Bonchev–Trinajstić information content (AvgIpc) is 2.15. The van der Waals surface area contributed by atoms with Gasteiger partial charge < -0.3 is 0 Å². The minimum Gasteiger partial charge on any atom is -0.298 e. The van der Waals surface area contributed by atoms with Gasteiger partial charge in [-0.1, -0.05) is 32.1 Å². The minimum atomic E-state index is -0.553. The number of aldehydes is 1. The van der Waals surface area contributed by atoms with Crippen molar-refractivity contribution in [3.63, 3.8) is 0 Å². The van der Waals surface area contributed by atoms with Crippen molar-refractivity contribution < 1.29 is 9.72 Å². The third-order valence-corrected chi connectivity index (χ3v) is 1.58. The maximum absolute atomic E-state index is 10.7. The average molecular weight is 209 g/mol. The SMILES string of the molecule is C\C=C/C=C(\C(C=O)=C/C(C)C)[N+](=O)[O-]. The summed E-state index contributed by atoms with van der Waals surface area (Å²) in [5.74, 6) is 0.0964. The highest BCUT2D eigenvalue weighted by atomic mass is 16.6. The zero-order chi connectivity index (χ0) is 11.8. The van der Waals surface area contributed by atoms with E-state index in [1.54, 1.807) is 19.1 Å². The van der Waals surface area contributed by atoms with E-state index in [0.717, 1.165) is 0 Å². The highest BCUT2D eigenvalue weighted by Crippen LogP contribution is 2.11. The maximum atomic E-state index is 10.7. The molecule has 0 aromatic heterocycles.